The number of carboxylic acids is 1. The number of carbonyl (C=O) groups excluding carboxylic acids is 1. The topological polar surface area (TPSA) is 110 Å². The summed E-state index contributed by atoms with van der Waals surface area (Å²) in [4.78, 5) is 23.9. The molecule has 1 saturated carbocycles. The molecule has 0 bridgehead atoms. The van der Waals surface area contributed by atoms with Crippen molar-refractivity contribution in [3.63, 3.8) is 0 Å². The van der Waals surface area contributed by atoms with Crippen molar-refractivity contribution in [3.8, 4) is 0 Å². The number of nitrogens with two attached hydrogens (primary N) is 1. The summed E-state index contributed by atoms with van der Waals surface area (Å²) in [5.74, 6) is -2.28. The molecule has 206 valence electrons. The molecule has 0 aromatic rings. The minimum Gasteiger partial charge on any atom is -0.481 e. The molecule has 1 fully saturated rings. The monoisotopic (exact) mass is 497 g/mol. The van der Waals surface area contributed by atoms with Gasteiger partial charge in [-0.3, -0.25) is 9.59 Å². The van der Waals surface area contributed by atoms with E-state index in [4.69, 9.17) is 10.5 Å². The SMILES string of the molecule is CCCCCCCCCCC[C@@H](C[C@H](O)[C@H](CCCCCC)C(=O)O)O[C@@H]1CCCC[C@@H]1C(N)=O. The maximum atomic E-state index is 12.0. The predicted octanol–water partition coefficient (Wildman–Crippen LogP) is 6.76. The van der Waals surface area contributed by atoms with Gasteiger partial charge in [0.05, 0.1) is 30.1 Å². The summed E-state index contributed by atoms with van der Waals surface area (Å²) in [5, 5.41) is 20.6. The van der Waals surface area contributed by atoms with Gasteiger partial charge in [-0.1, -0.05) is 110 Å². The van der Waals surface area contributed by atoms with E-state index < -0.39 is 18.0 Å². The molecule has 4 N–H and O–H groups in total. The largest absolute Gasteiger partial charge is 0.481 e. The number of carbonyl (C=O) groups is 2. The van der Waals surface area contributed by atoms with Crippen LogP contribution >= 0.6 is 0 Å². The lowest BCUT2D eigenvalue weighted by Crippen LogP contribution is -2.41. The fourth-order valence-electron chi connectivity index (χ4n) is 5.46. The maximum Gasteiger partial charge on any atom is 0.309 e. The van der Waals surface area contributed by atoms with Gasteiger partial charge in [0, 0.05) is 6.42 Å². The molecule has 1 aliphatic carbocycles. The van der Waals surface area contributed by atoms with E-state index in [1.165, 1.54) is 44.9 Å². The Morgan fingerprint density at radius 2 is 1.34 bits per heavy atom. The third kappa shape index (κ3) is 14.3. The van der Waals surface area contributed by atoms with Gasteiger partial charge in [0.1, 0.15) is 0 Å². The van der Waals surface area contributed by atoms with Gasteiger partial charge in [0.15, 0.2) is 0 Å². The van der Waals surface area contributed by atoms with Crippen LogP contribution in [0.3, 0.4) is 0 Å². The Hall–Kier alpha value is -1.14. The standard InChI is InChI=1S/C29H55NO5/c1-3-5-7-9-10-11-12-13-14-18-23(35-27-21-17-16-20-25(27)28(30)32)22-26(31)24(29(33)34)19-15-8-6-4-2/h23-27,31H,3-22H2,1-2H3,(H2,30,32)(H,33,34)/t23-,24-,25-,26-,27+/m0/s1. The van der Waals surface area contributed by atoms with Crippen LogP contribution in [0.1, 0.15) is 142 Å². The van der Waals surface area contributed by atoms with E-state index in [2.05, 4.69) is 13.8 Å². The number of hydrogen-bond acceptors (Lipinski definition) is 4. The number of ether oxygens (including phenoxy) is 1. The van der Waals surface area contributed by atoms with Crippen molar-refractivity contribution in [1.82, 2.24) is 0 Å². The lowest BCUT2D eigenvalue weighted by atomic mass is 9.85. The molecule has 0 unspecified atom stereocenters. The maximum absolute atomic E-state index is 12.0. The van der Waals surface area contributed by atoms with Crippen LogP contribution in [0.5, 0.6) is 0 Å². The Balaban J connectivity index is 2.63. The van der Waals surface area contributed by atoms with Crippen LogP contribution < -0.4 is 5.73 Å². The smallest absolute Gasteiger partial charge is 0.309 e. The van der Waals surface area contributed by atoms with Crippen molar-refractivity contribution in [2.75, 3.05) is 0 Å². The van der Waals surface area contributed by atoms with Crippen LogP contribution in [0.2, 0.25) is 0 Å². The zero-order valence-corrected chi connectivity index (χ0v) is 22.7. The first kappa shape index (κ1) is 31.9. The number of carboxylic acid groups (broad SMARTS) is 1. The number of aliphatic carboxylic acids is 1. The predicted molar refractivity (Wildman–Crippen MR) is 142 cm³/mol. The van der Waals surface area contributed by atoms with Gasteiger partial charge in [-0.2, -0.15) is 0 Å². The molecule has 5 atom stereocenters. The molecular formula is C29H55NO5. The third-order valence-electron chi connectivity index (χ3n) is 7.72. The van der Waals surface area contributed by atoms with E-state index >= 15 is 0 Å². The zero-order chi connectivity index (χ0) is 25.9. The van der Waals surface area contributed by atoms with Crippen LogP contribution in [-0.2, 0) is 14.3 Å². The van der Waals surface area contributed by atoms with Crippen molar-refractivity contribution in [1.29, 1.82) is 0 Å². The summed E-state index contributed by atoms with van der Waals surface area (Å²) < 4.78 is 6.43. The number of primary amides is 1. The van der Waals surface area contributed by atoms with E-state index in [0.29, 0.717) is 12.8 Å². The normalized spacial score (nSPS) is 20.9. The van der Waals surface area contributed by atoms with Crippen LogP contribution in [0, 0.1) is 11.8 Å². The highest BCUT2D eigenvalue weighted by molar-refractivity contribution is 5.77. The Labute approximate surface area is 214 Å². The van der Waals surface area contributed by atoms with Gasteiger partial charge in [-0.15, -0.1) is 0 Å². The molecule has 35 heavy (non-hydrogen) atoms. The molecule has 0 aromatic heterocycles. The van der Waals surface area contributed by atoms with E-state index in [1.54, 1.807) is 0 Å². The Morgan fingerprint density at radius 1 is 0.829 bits per heavy atom. The molecule has 0 aliphatic heterocycles. The first-order valence-corrected chi connectivity index (χ1v) is 14.8. The lowest BCUT2D eigenvalue weighted by molar-refractivity contribution is -0.148. The minimum absolute atomic E-state index is 0.218. The molecule has 1 aliphatic rings. The second kappa shape index (κ2) is 20.0. The van der Waals surface area contributed by atoms with Gasteiger partial charge >= 0.3 is 5.97 Å². The first-order valence-electron chi connectivity index (χ1n) is 14.8. The number of unbranched alkanes of at least 4 members (excludes halogenated alkanes) is 11. The third-order valence-corrected chi connectivity index (χ3v) is 7.72. The van der Waals surface area contributed by atoms with Crippen molar-refractivity contribution in [3.05, 3.63) is 0 Å². The summed E-state index contributed by atoms with van der Waals surface area (Å²) in [6, 6.07) is 0. The molecule has 1 rings (SSSR count). The molecule has 0 spiro atoms. The van der Waals surface area contributed by atoms with Gasteiger partial charge in [0.25, 0.3) is 0 Å². The molecule has 0 saturated heterocycles. The summed E-state index contributed by atoms with van der Waals surface area (Å²) in [6.45, 7) is 4.36. The first-order chi connectivity index (χ1) is 16.9. The average Bonchev–Trinajstić information content (AvgIpc) is 2.82. The lowest BCUT2D eigenvalue weighted by Gasteiger charge is -2.34. The Bertz CT molecular complexity index is 555. The van der Waals surface area contributed by atoms with E-state index in [-0.39, 0.29) is 24.0 Å². The van der Waals surface area contributed by atoms with E-state index in [0.717, 1.165) is 70.6 Å². The number of rotatable bonds is 22. The van der Waals surface area contributed by atoms with Crippen molar-refractivity contribution < 1.29 is 24.5 Å². The van der Waals surface area contributed by atoms with Crippen molar-refractivity contribution in [2.45, 2.75) is 161 Å². The summed E-state index contributed by atoms with van der Waals surface area (Å²) in [6.07, 6.45) is 18.8. The highest BCUT2D eigenvalue weighted by Crippen LogP contribution is 2.30. The number of hydrogen-bond donors (Lipinski definition) is 3. The van der Waals surface area contributed by atoms with Crippen molar-refractivity contribution >= 4 is 11.9 Å². The molecule has 1 amide bonds. The number of aliphatic hydroxyl groups is 1. The second-order valence-electron chi connectivity index (χ2n) is 10.8. The fraction of sp³-hybridized carbons (Fsp3) is 0.931. The Kier molecular flexibility index (Phi) is 18.2. The molecule has 0 radical (unpaired) electrons. The highest BCUT2D eigenvalue weighted by atomic mass is 16.5. The van der Waals surface area contributed by atoms with Gasteiger partial charge in [-0.05, 0) is 25.7 Å². The molecule has 0 aromatic carbocycles. The van der Waals surface area contributed by atoms with Gasteiger partial charge in [-0.25, -0.2) is 0 Å². The fourth-order valence-corrected chi connectivity index (χ4v) is 5.46. The van der Waals surface area contributed by atoms with Crippen LogP contribution in [0.15, 0.2) is 0 Å². The average molecular weight is 498 g/mol. The van der Waals surface area contributed by atoms with Gasteiger partial charge in [0.2, 0.25) is 5.91 Å². The molecule has 6 heteroatoms. The van der Waals surface area contributed by atoms with Gasteiger partial charge < -0.3 is 20.7 Å². The molecule has 6 nitrogen and oxygen atoms in total. The van der Waals surface area contributed by atoms with Crippen LogP contribution in [0.4, 0.5) is 0 Å². The zero-order valence-electron chi connectivity index (χ0n) is 22.7. The van der Waals surface area contributed by atoms with E-state index in [1.807, 2.05) is 0 Å². The van der Waals surface area contributed by atoms with Crippen molar-refractivity contribution in [2.24, 2.45) is 17.6 Å². The molecular weight excluding hydrogens is 442 g/mol. The Morgan fingerprint density at radius 3 is 1.91 bits per heavy atom. The molecule has 0 heterocycles. The highest BCUT2D eigenvalue weighted by Gasteiger charge is 2.34. The quantitative estimate of drug-likeness (QED) is 0.143. The van der Waals surface area contributed by atoms with Crippen LogP contribution in [-0.4, -0.2) is 40.4 Å². The minimum atomic E-state index is -0.937. The van der Waals surface area contributed by atoms with Crippen LogP contribution in [0.25, 0.3) is 0 Å². The van der Waals surface area contributed by atoms with E-state index in [9.17, 15) is 19.8 Å². The summed E-state index contributed by atoms with van der Waals surface area (Å²) >= 11 is 0. The summed E-state index contributed by atoms with van der Waals surface area (Å²) in [5.41, 5.74) is 5.65. The number of aliphatic hydroxyl groups excluding tert-OH is 1. The summed E-state index contributed by atoms with van der Waals surface area (Å²) in [7, 11) is 0. The number of amides is 1. The second-order valence-corrected chi connectivity index (χ2v) is 10.8.